The molecule has 1 aliphatic rings. The maximum atomic E-state index is 12.1. The van der Waals surface area contributed by atoms with Gasteiger partial charge in [-0.3, -0.25) is 9.78 Å². The minimum atomic E-state index is 0.230. The van der Waals surface area contributed by atoms with Crippen LogP contribution in [0.1, 0.15) is 64.1 Å². The summed E-state index contributed by atoms with van der Waals surface area (Å²) in [5.74, 6) is 1.16. The van der Waals surface area contributed by atoms with Crippen molar-refractivity contribution in [3.05, 3.63) is 29.6 Å². The number of nitrogens with one attached hydrogen (secondary N) is 1. The van der Waals surface area contributed by atoms with Gasteiger partial charge in [-0.05, 0) is 37.3 Å². The molecule has 0 saturated heterocycles. The van der Waals surface area contributed by atoms with Crippen molar-refractivity contribution >= 4 is 5.91 Å². The summed E-state index contributed by atoms with van der Waals surface area (Å²) in [5.41, 5.74) is 2.28. The first-order chi connectivity index (χ1) is 10.6. The van der Waals surface area contributed by atoms with Gasteiger partial charge in [0.15, 0.2) is 0 Å². The van der Waals surface area contributed by atoms with Crippen molar-refractivity contribution in [1.29, 1.82) is 0 Å². The lowest BCUT2D eigenvalue weighted by molar-refractivity contribution is -0.126. The van der Waals surface area contributed by atoms with Gasteiger partial charge in [0, 0.05) is 30.8 Å². The summed E-state index contributed by atoms with van der Waals surface area (Å²) in [6.45, 7) is 9.26. The van der Waals surface area contributed by atoms with Crippen molar-refractivity contribution in [2.45, 2.75) is 66.2 Å². The summed E-state index contributed by atoms with van der Waals surface area (Å²) < 4.78 is 0. The van der Waals surface area contributed by atoms with Crippen LogP contribution < -0.4 is 5.32 Å². The fourth-order valence-corrected chi connectivity index (χ4v) is 2.90. The number of rotatable bonds is 4. The van der Waals surface area contributed by atoms with E-state index in [-0.39, 0.29) is 11.8 Å². The Bertz CT molecular complexity index is 445. The fourth-order valence-electron chi connectivity index (χ4n) is 2.90. The Morgan fingerprint density at radius 1 is 1.36 bits per heavy atom. The Morgan fingerprint density at radius 3 is 2.73 bits per heavy atom. The predicted octanol–water partition coefficient (Wildman–Crippen LogP) is 4.29. The Labute approximate surface area is 135 Å². The molecule has 2 atom stereocenters. The van der Waals surface area contributed by atoms with Gasteiger partial charge in [0.1, 0.15) is 0 Å². The SMILES string of the molecule is CCC.Cc1cccnc1CCNC(=O)C1CCCC(C)C1. The molecule has 22 heavy (non-hydrogen) atoms. The van der Waals surface area contributed by atoms with Crippen LogP contribution in [-0.2, 0) is 11.2 Å². The highest BCUT2D eigenvalue weighted by atomic mass is 16.1. The summed E-state index contributed by atoms with van der Waals surface area (Å²) in [6.07, 6.45) is 8.45. The van der Waals surface area contributed by atoms with E-state index in [2.05, 4.69) is 44.1 Å². The molecule has 0 aliphatic heterocycles. The minimum absolute atomic E-state index is 0.230. The van der Waals surface area contributed by atoms with E-state index in [1.807, 2.05) is 12.3 Å². The van der Waals surface area contributed by atoms with Gasteiger partial charge < -0.3 is 5.32 Å². The molecule has 1 aromatic heterocycles. The van der Waals surface area contributed by atoms with Crippen molar-refractivity contribution in [3.63, 3.8) is 0 Å². The number of nitrogens with zero attached hydrogens (tertiary/aromatic N) is 1. The molecule has 1 heterocycles. The first kappa shape index (κ1) is 18.7. The van der Waals surface area contributed by atoms with Crippen LogP contribution >= 0.6 is 0 Å². The Hall–Kier alpha value is -1.38. The molecule has 1 saturated carbocycles. The van der Waals surface area contributed by atoms with Crippen molar-refractivity contribution in [3.8, 4) is 0 Å². The molecule has 0 aromatic carbocycles. The molecule has 3 nitrogen and oxygen atoms in total. The second kappa shape index (κ2) is 10.4. The van der Waals surface area contributed by atoms with Gasteiger partial charge in [0.2, 0.25) is 5.91 Å². The van der Waals surface area contributed by atoms with Crippen LogP contribution in [-0.4, -0.2) is 17.4 Å². The molecule has 2 unspecified atom stereocenters. The van der Waals surface area contributed by atoms with E-state index >= 15 is 0 Å². The van der Waals surface area contributed by atoms with Crippen LogP contribution in [0, 0.1) is 18.8 Å². The topological polar surface area (TPSA) is 42.0 Å². The first-order valence-electron chi connectivity index (χ1n) is 8.76. The van der Waals surface area contributed by atoms with Gasteiger partial charge in [-0.1, -0.05) is 46.1 Å². The molecule has 3 heteroatoms. The number of aryl methyl sites for hydroxylation is 1. The van der Waals surface area contributed by atoms with Crippen LogP contribution in [0.3, 0.4) is 0 Å². The predicted molar refractivity (Wildman–Crippen MR) is 92.8 cm³/mol. The number of hydrogen-bond acceptors (Lipinski definition) is 2. The number of aromatic nitrogens is 1. The molecule has 1 aliphatic carbocycles. The van der Waals surface area contributed by atoms with Crippen LogP contribution in [0.5, 0.6) is 0 Å². The molecule has 0 radical (unpaired) electrons. The standard InChI is InChI=1S/C16H24N2O.C3H8/c1-12-5-3-7-14(11-12)16(19)18-10-8-15-13(2)6-4-9-17-15;1-3-2/h4,6,9,12,14H,3,5,7-8,10-11H2,1-2H3,(H,18,19);3H2,1-2H3. The Kier molecular flexibility index (Phi) is 8.79. The van der Waals surface area contributed by atoms with Crippen LogP contribution in [0.15, 0.2) is 18.3 Å². The molecule has 1 N–H and O–H groups in total. The Balaban J connectivity index is 0.000000745. The average molecular weight is 304 g/mol. The first-order valence-corrected chi connectivity index (χ1v) is 8.76. The zero-order valence-electron chi connectivity index (χ0n) is 14.7. The highest BCUT2D eigenvalue weighted by molar-refractivity contribution is 5.78. The van der Waals surface area contributed by atoms with Gasteiger partial charge in [0.25, 0.3) is 0 Å². The summed E-state index contributed by atoms with van der Waals surface area (Å²) in [4.78, 5) is 16.4. The second-order valence-corrected chi connectivity index (χ2v) is 6.48. The number of pyridine rings is 1. The average Bonchev–Trinajstić information content (AvgIpc) is 2.50. The molecular weight excluding hydrogens is 272 g/mol. The molecular formula is C19H32N2O. The lowest BCUT2D eigenvalue weighted by Gasteiger charge is -2.25. The van der Waals surface area contributed by atoms with Crippen molar-refractivity contribution in [2.75, 3.05) is 6.54 Å². The molecule has 124 valence electrons. The zero-order chi connectivity index (χ0) is 16.4. The number of hydrogen-bond donors (Lipinski definition) is 1. The number of carbonyl (C=O) groups excluding carboxylic acids is 1. The molecule has 0 spiro atoms. The molecule has 1 aromatic rings. The second-order valence-electron chi connectivity index (χ2n) is 6.48. The summed E-state index contributed by atoms with van der Waals surface area (Å²) in [6, 6.07) is 4.01. The van der Waals surface area contributed by atoms with Crippen LogP contribution in [0.25, 0.3) is 0 Å². The van der Waals surface area contributed by atoms with E-state index in [0.717, 1.165) is 25.0 Å². The summed E-state index contributed by atoms with van der Waals surface area (Å²) in [7, 11) is 0. The zero-order valence-corrected chi connectivity index (χ0v) is 14.7. The quantitative estimate of drug-likeness (QED) is 0.901. The third-order valence-corrected chi connectivity index (χ3v) is 4.09. The maximum absolute atomic E-state index is 12.1. The highest BCUT2D eigenvalue weighted by Crippen LogP contribution is 2.28. The molecule has 1 amide bonds. The molecule has 1 fully saturated rings. The van der Waals surface area contributed by atoms with E-state index in [4.69, 9.17) is 0 Å². The summed E-state index contributed by atoms with van der Waals surface area (Å²) >= 11 is 0. The van der Waals surface area contributed by atoms with E-state index in [1.54, 1.807) is 0 Å². The molecule has 2 rings (SSSR count). The van der Waals surface area contributed by atoms with Gasteiger partial charge in [-0.2, -0.15) is 0 Å². The maximum Gasteiger partial charge on any atom is 0.223 e. The smallest absolute Gasteiger partial charge is 0.223 e. The molecule has 0 bridgehead atoms. The largest absolute Gasteiger partial charge is 0.355 e. The number of carbonyl (C=O) groups is 1. The van der Waals surface area contributed by atoms with Crippen molar-refractivity contribution in [1.82, 2.24) is 10.3 Å². The van der Waals surface area contributed by atoms with Gasteiger partial charge in [0.05, 0.1) is 0 Å². The number of amides is 1. The lowest BCUT2D eigenvalue weighted by Crippen LogP contribution is -2.34. The van der Waals surface area contributed by atoms with Gasteiger partial charge >= 0.3 is 0 Å². The third kappa shape index (κ3) is 6.59. The Morgan fingerprint density at radius 2 is 2.09 bits per heavy atom. The van der Waals surface area contributed by atoms with E-state index in [1.165, 1.54) is 24.8 Å². The van der Waals surface area contributed by atoms with E-state index in [9.17, 15) is 4.79 Å². The van der Waals surface area contributed by atoms with Crippen molar-refractivity contribution < 1.29 is 4.79 Å². The highest BCUT2D eigenvalue weighted by Gasteiger charge is 2.24. The van der Waals surface area contributed by atoms with E-state index in [0.29, 0.717) is 12.5 Å². The van der Waals surface area contributed by atoms with Crippen LogP contribution in [0.2, 0.25) is 0 Å². The van der Waals surface area contributed by atoms with E-state index < -0.39 is 0 Å². The minimum Gasteiger partial charge on any atom is -0.355 e. The normalized spacial score (nSPS) is 20.7. The van der Waals surface area contributed by atoms with Gasteiger partial charge in [-0.25, -0.2) is 0 Å². The third-order valence-electron chi connectivity index (χ3n) is 4.09. The van der Waals surface area contributed by atoms with Gasteiger partial charge in [-0.15, -0.1) is 0 Å². The monoisotopic (exact) mass is 304 g/mol. The summed E-state index contributed by atoms with van der Waals surface area (Å²) in [5, 5.41) is 3.07. The van der Waals surface area contributed by atoms with Crippen LogP contribution in [0.4, 0.5) is 0 Å². The lowest BCUT2D eigenvalue weighted by atomic mass is 9.82. The fraction of sp³-hybridized carbons (Fsp3) is 0.684. The van der Waals surface area contributed by atoms with Crippen molar-refractivity contribution in [2.24, 2.45) is 11.8 Å².